The van der Waals surface area contributed by atoms with Crippen molar-refractivity contribution in [3.63, 3.8) is 0 Å². The first-order valence-corrected chi connectivity index (χ1v) is 5.39. The molecule has 0 aliphatic carbocycles. The molecule has 1 heterocycles. The zero-order valence-electron chi connectivity index (χ0n) is 8.04. The summed E-state index contributed by atoms with van der Waals surface area (Å²) < 4.78 is 6.35. The number of aryl methyl sites for hydroxylation is 1. The fourth-order valence-corrected chi connectivity index (χ4v) is 1.81. The van der Waals surface area contributed by atoms with Gasteiger partial charge < -0.3 is 4.74 Å². The predicted octanol–water partition coefficient (Wildman–Crippen LogP) is 3.16. The van der Waals surface area contributed by atoms with Crippen molar-refractivity contribution in [2.75, 3.05) is 7.11 Å². The van der Waals surface area contributed by atoms with Crippen LogP contribution in [0, 0.1) is 10.5 Å². The molecule has 0 unspecified atom stereocenters. The van der Waals surface area contributed by atoms with Crippen molar-refractivity contribution in [2.24, 2.45) is 0 Å². The van der Waals surface area contributed by atoms with Gasteiger partial charge in [0.1, 0.15) is 5.75 Å². The lowest BCUT2D eigenvalue weighted by Crippen LogP contribution is -1.89. The summed E-state index contributed by atoms with van der Waals surface area (Å²) >= 11 is 2.29. The smallest absolute Gasteiger partial charge is 0.119 e. The number of rotatable bonds is 1. The van der Waals surface area contributed by atoms with Crippen LogP contribution >= 0.6 is 22.6 Å². The number of nitrogens with zero attached hydrogens (tertiary/aromatic N) is 1. The van der Waals surface area contributed by atoms with Crippen LogP contribution in [0.3, 0.4) is 0 Å². The largest absolute Gasteiger partial charge is 0.497 e. The highest BCUT2D eigenvalue weighted by Gasteiger charge is 2.01. The maximum absolute atomic E-state index is 5.16. The highest BCUT2D eigenvalue weighted by Crippen LogP contribution is 2.22. The van der Waals surface area contributed by atoms with Gasteiger partial charge in [-0.15, -0.1) is 0 Å². The molecule has 2 aromatic rings. The van der Waals surface area contributed by atoms with Crippen LogP contribution < -0.4 is 4.74 Å². The molecular formula is C11H10INO. The van der Waals surface area contributed by atoms with Gasteiger partial charge in [-0.05, 0) is 53.8 Å². The molecule has 0 saturated carbocycles. The summed E-state index contributed by atoms with van der Waals surface area (Å²) in [5.74, 6) is 0.874. The van der Waals surface area contributed by atoms with Crippen molar-refractivity contribution in [3.8, 4) is 5.75 Å². The third-order valence-corrected chi connectivity index (χ3v) is 3.24. The zero-order chi connectivity index (χ0) is 10.1. The molecular weight excluding hydrogens is 289 g/mol. The summed E-state index contributed by atoms with van der Waals surface area (Å²) in [5.41, 5.74) is 2.09. The minimum atomic E-state index is 0.874. The van der Waals surface area contributed by atoms with Gasteiger partial charge in [-0.1, -0.05) is 0 Å². The van der Waals surface area contributed by atoms with E-state index in [4.69, 9.17) is 4.74 Å². The Morgan fingerprint density at radius 1 is 1.29 bits per heavy atom. The Hall–Kier alpha value is -0.840. The molecule has 2 rings (SSSR count). The minimum absolute atomic E-state index is 0.874. The van der Waals surface area contributed by atoms with E-state index < -0.39 is 0 Å². The highest BCUT2D eigenvalue weighted by atomic mass is 127. The van der Waals surface area contributed by atoms with E-state index in [1.54, 1.807) is 7.11 Å². The number of pyridine rings is 1. The third kappa shape index (κ3) is 1.68. The molecule has 0 N–H and O–H groups in total. The standard InChI is InChI=1S/C11H10INO/c1-7-10(12)6-8-5-9(14-2)3-4-11(8)13-7/h3-6H,1-2H3. The molecule has 0 fully saturated rings. The SMILES string of the molecule is COc1ccc2nc(C)c(I)cc2c1. The molecule has 0 saturated heterocycles. The second-order valence-electron chi connectivity index (χ2n) is 3.11. The molecule has 0 bridgehead atoms. The molecule has 0 spiro atoms. The molecule has 72 valence electrons. The summed E-state index contributed by atoms with van der Waals surface area (Å²) in [5, 5.41) is 1.12. The lowest BCUT2D eigenvalue weighted by atomic mass is 10.2. The number of ether oxygens (including phenoxy) is 1. The van der Waals surface area contributed by atoms with E-state index >= 15 is 0 Å². The van der Waals surface area contributed by atoms with Gasteiger partial charge in [0.15, 0.2) is 0 Å². The summed E-state index contributed by atoms with van der Waals surface area (Å²) in [7, 11) is 1.67. The van der Waals surface area contributed by atoms with Crippen LogP contribution in [0.25, 0.3) is 10.9 Å². The number of methoxy groups -OCH3 is 1. The fourth-order valence-electron chi connectivity index (χ4n) is 1.35. The van der Waals surface area contributed by atoms with Gasteiger partial charge >= 0.3 is 0 Å². The Kier molecular flexibility index (Phi) is 2.58. The predicted molar refractivity (Wildman–Crippen MR) is 65.7 cm³/mol. The van der Waals surface area contributed by atoms with E-state index in [0.717, 1.165) is 22.3 Å². The van der Waals surface area contributed by atoms with E-state index in [-0.39, 0.29) is 0 Å². The van der Waals surface area contributed by atoms with E-state index in [1.807, 2.05) is 25.1 Å². The first kappa shape index (κ1) is 9.71. The van der Waals surface area contributed by atoms with Gasteiger partial charge in [-0.3, -0.25) is 4.98 Å². The molecule has 0 amide bonds. The Bertz CT molecular complexity index is 482. The zero-order valence-corrected chi connectivity index (χ0v) is 10.2. The molecule has 2 nitrogen and oxygen atoms in total. The number of benzene rings is 1. The number of hydrogen-bond acceptors (Lipinski definition) is 2. The van der Waals surface area contributed by atoms with Crippen LogP contribution in [0.2, 0.25) is 0 Å². The third-order valence-electron chi connectivity index (χ3n) is 2.15. The minimum Gasteiger partial charge on any atom is -0.497 e. The van der Waals surface area contributed by atoms with E-state index in [1.165, 1.54) is 3.57 Å². The van der Waals surface area contributed by atoms with Gasteiger partial charge in [-0.2, -0.15) is 0 Å². The summed E-state index contributed by atoms with van der Waals surface area (Å²) in [6.07, 6.45) is 0. The summed E-state index contributed by atoms with van der Waals surface area (Å²) in [6, 6.07) is 8.05. The monoisotopic (exact) mass is 299 g/mol. The number of hydrogen-bond donors (Lipinski definition) is 0. The van der Waals surface area contributed by atoms with Crippen LogP contribution in [0.5, 0.6) is 5.75 Å². The van der Waals surface area contributed by atoms with Gasteiger partial charge in [-0.25, -0.2) is 0 Å². The highest BCUT2D eigenvalue weighted by molar-refractivity contribution is 14.1. The second-order valence-corrected chi connectivity index (χ2v) is 4.28. The Morgan fingerprint density at radius 3 is 2.79 bits per heavy atom. The van der Waals surface area contributed by atoms with Gasteiger partial charge in [0.2, 0.25) is 0 Å². The number of fused-ring (bicyclic) bond motifs is 1. The van der Waals surface area contributed by atoms with Gasteiger partial charge in [0.25, 0.3) is 0 Å². The normalized spacial score (nSPS) is 10.5. The maximum Gasteiger partial charge on any atom is 0.119 e. The van der Waals surface area contributed by atoms with Crippen molar-refractivity contribution in [3.05, 3.63) is 33.5 Å². The molecule has 14 heavy (non-hydrogen) atoms. The van der Waals surface area contributed by atoms with Crippen molar-refractivity contribution in [1.29, 1.82) is 0 Å². The summed E-state index contributed by atoms with van der Waals surface area (Å²) in [4.78, 5) is 4.49. The molecule has 1 aromatic heterocycles. The average molecular weight is 299 g/mol. The molecule has 0 atom stereocenters. The average Bonchev–Trinajstić information content (AvgIpc) is 2.19. The lowest BCUT2D eigenvalue weighted by Gasteiger charge is -2.04. The van der Waals surface area contributed by atoms with Crippen molar-refractivity contribution >= 4 is 33.5 Å². The van der Waals surface area contributed by atoms with E-state index in [0.29, 0.717) is 0 Å². The second kappa shape index (κ2) is 3.73. The van der Waals surface area contributed by atoms with E-state index in [2.05, 4.69) is 33.6 Å². The van der Waals surface area contributed by atoms with Crippen LogP contribution in [-0.4, -0.2) is 12.1 Å². The molecule has 1 aromatic carbocycles. The van der Waals surface area contributed by atoms with Gasteiger partial charge in [0, 0.05) is 8.96 Å². The van der Waals surface area contributed by atoms with E-state index in [9.17, 15) is 0 Å². The first-order valence-electron chi connectivity index (χ1n) is 4.31. The van der Waals surface area contributed by atoms with Crippen LogP contribution in [-0.2, 0) is 0 Å². The topological polar surface area (TPSA) is 22.1 Å². The van der Waals surface area contributed by atoms with Crippen LogP contribution in [0.1, 0.15) is 5.69 Å². The fraction of sp³-hybridized carbons (Fsp3) is 0.182. The molecule has 0 aliphatic rings. The van der Waals surface area contributed by atoms with Crippen LogP contribution in [0.15, 0.2) is 24.3 Å². The Balaban J connectivity index is 2.70. The van der Waals surface area contributed by atoms with Gasteiger partial charge in [0.05, 0.1) is 18.3 Å². The molecule has 0 aliphatic heterocycles. The van der Waals surface area contributed by atoms with Crippen molar-refractivity contribution in [1.82, 2.24) is 4.98 Å². The number of halogens is 1. The van der Waals surface area contributed by atoms with Crippen molar-refractivity contribution < 1.29 is 4.74 Å². The Morgan fingerprint density at radius 2 is 2.07 bits per heavy atom. The maximum atomic E-state index is 5.16. The van der Waals surface area contributed by atoms with Crippen LogP contribution in [0.4, 0.5) is 0 Å². The lowest BCUT2D eigenvalue weighted by molar-refractivity contribution is 0.415. The quantitative estimate of drug-likeness (QED) is 0.755. The molecule has 0 radical (unpaired) electrons. The summed E-state index contributed by atoms with van der Waals surface area (Å²) in [6.45, 7) is 2.02. The number of aromatic nitrogens is 1. The van der Waals surface area contributed by atoms with Crippen molar-refractivity contribution in [2.45, 2.75) is 6.92 Å². The Labute approximate surface area is 96.4 Å². The molecule has 3 heteroatoms. The first-order chi connectivity index (χ1) is 6.70.